The van der Waals surface area contributed by atoms with Gasteiger partial charge in [0.2, 0.25) is 0 Å². The van der Waals surface area contributed by atoms with Crippen LogP contribution in [0.25, 0.3) is 0 Å². The molecule has 2 N–H and O–H groups in total. The van der Waals surface area contributed by atoms with Crippen LogP contribution in [0.1, 0.15) is 58.8 Å². The van der Waals surface area contributed by atoms with Gasteiger partial charge < -0.3 is 20.1 Å². The maximum absolute atomic E-state index is 5.69. The lowest BCUT2D eigenvalue weighted by Crippen LogP contribution is -2.47. The molecule has 0 spiro atoms. The number of hydrogen-bond donors (Lipinski definition) is 2. The molecule has 1 aliphatic carbocycles. The van der Waals surface area contributed by atoms with Crippen molar-refractivity contribution in [1.82, 2.24) is 10.6 Å². The first kappa shape index (κ1) is 23.0. The van der Waals surface area contributed by atoms with Crippen LogP contribution < -0.4 is 10.6 Å². The summed E-state index contributed by atoms with van der Waals surface area (Å²) < 4.78 is 11.2. The fourth-order valence-corrected chi connectivity index (χ4v) is 3.86. The Balaban J connectivity index is 0.00000312. The van der Waals surface area contributed by atoms with Crippen molar-refractivity contribution < 1.29 is 9.47 Å². The van der Waals surface area contributed by atoms with Crippen molar-refractivity contribution in [2.75, 3.05) is 40.0 Å². The molecule has 6 heteroatoms. The Kier molecular flexibility index (Phi) is 11.3. The van der Waals surface area contributed by atoms with Crippen LogP contribution in [0.4, 0.5) is 0 Å². The minimum atomic E-state index is 0. The van der Waals surface area contributed by atoms with E-state index in [0.29, 0.717) is 11.5 Å². The maximum atomic E-state index is 5.69. The first-order valence-corrected chi connectivity index (χ1v) is 9.77. The summed E-state index contributed by atoms with van der Waals surface area (Å²) >= 11 is 0. The van der Waals surface area contributed by atoms with Crippen LogP contribution in [0.2, 0.25) is 0 Å². The molecule has 1 saturated carbocycles. The molecule has 1 heterocycles. The van der Waals surface area contributed by atoms with Gasteiger partial charge in [-0.25, -0.2) is 0 Å². The summed E-state index contributed by atoms with van der Waals surface area (Å²) in [6, 6.07) is 0. The summed E-state index contributed by atoms with van der Waals surface area (Å²) in [7, 11) is 1.85. The normalized spacial score (nSPS) is 22.4. The number of halogens is 1. The zero-order chi connectivity index (χ0) is 17.3. The lowest BCUT2D eigenvalue weighted by atomic mass is 9.64. The van der Waals surface area contributed by atoms with Gasteiger partial charge in [0.25, 0.3) is 0 Å². The SMILES string of the molecule is CN=C(NCCCOCC1CCCO1)NCC1(CC(C)C)CCC1.I. The van der Waals surface area contributed by atoms with Crippen molar-refractivity contribution in [2.45, 2.75) is 64.9 Å². The van der Waals surface area contributed by atoms with E-state index >= 15 is 0 Å². The van der Waals surface area contributed by atoms with Crippen molar-refractivity contribution in [1.29, 1.82) is 0 Å². The smallest absolute Gasteiger partial charge is 0.190 e. The fourth-order valence-electron chi connectivity index (χ4n) is 3.86. The Labute approximate surface area is 171 Å². The van der Waals surface area contributed by atoms with Crippen molar-refractivity contribution in [3.05, 3.63) is 0 Å². The maximum Gasteiger partial charge on any atom is 0.190 e. The van der Waals surface area contributed by atoms with Crippen LogP contribution in [0.15, 0.2) is 4.99 Å². The molecule has 25 heavy (non-hydrogen) atoms. The third kappa shape index (κ3) is 8.43. The Morgan fingerprint density at radius 2 is 2.08 bits per heavy atom. The molecule has 5 nitrogen and oxygen atoms in total. The lowest BCUT2D eigenvalue weighted by Gasteiger charge is -2.43. The van der Waals surface area contributed by atoms with E-state index in [1.165, 1.54) is 32.1 Å². The number of guanidine groups is 1. The fraction of sp³-hybridized carbons (Fsp3) is 0.947. The number of rotatable bonds is 10. The number of aliphatic imine (C=N–C) groups is 1. The van der Waals surface area contributed by atoms with E-state index in [4.69, 9.17) is 9.47 Å². The van der Waals surface area contributed by atoms with E-state index in [2.05, 4.69) is 29.5 Å². The van der Waals surface area contributed by atoms with Gasteiger partial charge in [0, 0.05) is 33.4 Å². The number of nitrogens with zero attached hydrogens (tertiary/aromatic N) is 1. The van der Waals surface area contributed by atoms with Gasteiger partial charge in [-0.2, -0.15) is 0 Å². The Hall–Kier alpha value is -0.0800. The standard InChI is InChI=1S/C19H37N3O2.HI/c1-16(2)13-19(8-5-9-19)15-22-18(20-3)21-10-6-11-23-14-17-7-4-12-24-17;/h16-17H,4-15H2,1-3H3,(H2,20,21,22);1H. The highest BCUT2D eigenvalue weighted by Crippen LogP contribution is 2.45. The number of nitrogens with one attached hydrogen (secondary N) is 2. The lowest BCUT2D eigenvalue weighted by molar-refractivity contribution is 0.0168. The van der Waals surface area contributed by atoms with E-state index in [1.54, 1.807) is 0 Å². The molecule has 2 rings (SSSR count). The Morgan fingerprint density at radius 1 is 1.28 bits per heavy atom. The molecular formula is C19H38IN3O2. The molecule has 1 unspecified atom stereocenters. The largest absolute Gasteiger partial charge is 0.379 e. The molecule has 2 fully saturated rings. The van der Waals surface area contributed by atoms with Gasteiger partial charge in [-0.1, -0.05) is 20.3 Å². The minimum Gasteiger partial charge on any atom is -0.379 e. The highest BCUT2D eigenvalue weighted by atomic mass is 127. The second kappa shape index (κ2) is 12.3. The Bertz CT molecular complexity index is 381. The average Bonchev–Trinajstić information content (AvgIpc) is 3.03. The molecule has 0 radical (unpaired) electrons. The van der Waals surface area contributed by atoms with Crippen molar-refractivity contribution in [2.24, 2.45) is 16.3 Å². The van der Waals surface area contributed by atoms with Gasteiger partial charge in [0.1, 0.15) is 0 Å². The van der Waals surface area contributed by atoms with Crippen molar-refractivity contribution >= 4 is 29.9 Å². The topological polar surface area (TPSA) is 54.9 Å². The number of hydrogen-bond acceptors (Lipinski definition) is 3. The minimum absolute atomic E-state index is 0. The highest BCUT2D eigenvalue weighted by molar-refractivity contribution is 14.0. The molecule has 148 valence electrons. The molecule has 0 aromatic carbocycles. The predicted molar refractivity (Wildman–Crippen MR) is 115 cm³/mol. The average molecular weight is 467 g/mol. The molecule has 0 bridgehead atoms. The number of ether oxygens (including phenoxy) is 2. The first-order chi connectivity index (χ1) is 11.6. The summed E-state index contributed by atoms with van der Waals surface area (Å²) in [5, 5.41) is 6.93. The van der Waals surface area contributed by atoms with Gasteiger partial charge in [-0.3, -0.25) is 4.99 Å². The Morgan fingerprint density at radius 3 is 2.64 bits per heavy atom. The molecule has 1 aliphatic heterocycles. The van der Waals surface area contributed by atoms with Crippen LogP contribution in [0, 0.1) is 11.3 Å². The highest BCUT2D eigenvalue weighted by Gasteiger charge is 2.37. The second-order valence-electron chi connectivity index (χ2n) is 7.87. The van der Waals surface area contributed by atoms with E-state index in [9.17, 15) is 0 Å². The molecule has 0 aromatic rings. The zero-order valence-electron chi connectivity index (χ0n) is 16.3. The van der Waals surface area contributed by atoms with Gasteiger partial charge in [0.05, 0.1) is 12.7 Å². The zero-order valence-corrected chi connectivity index (χ0v) is 18.6. The van der Waals surface area contributed by atoms with Gasteiger partial charge >= 0.3 is 0 Å². The van der Waals surface area contributed by atoms with Crippen molar-refractivity contribution in [3.8, 4) is 0 Å². The summed E-state index contributed by atoms with van der Waals surface area (Å²) in [5.74, 6) is 1.69. The molecule has 1 saturated heterocycles. The molecule has 0 aromatic heterocycles. The van der Waals surface area contributed by atoms with Gasteiger partial charge in [0.15, 0.2) is 5.96 Å². The monoisotopic (exact) mass is 467 g/mol. The van der Waals surface area contributed by atoms with Gasteiger partial charge in [-0.05, 0) is 49.9 Å². The second-order valence-corrected chi connectivity index (χ2v) is 7.87. The van der Waals surface area contributed by atoms with E-state index in [1.807, 2.05) is 7.05 Å². The van der Waals surface area contributed by atoms with Crippen LogP contribution in [0.3, 0.4) is 0 Å². The van der Waals surface area contributed by atoms with Crippen LogP contribution in [-0.4, -0.2) is 52.0 Å². The van der Waals surface area contributed by atoms with Gasteiger partial charge in [-0.15, -0.1) is 24.0 Å². The predicted octanol–water partition coefficient (Wildman–Crippen LogP) is 3.57. The molecule has 1 atom stereocenters. The first-order valence-electron chi connectivity index (χ1n) is 9.77. The summed E-state index contributed by atoms with van der Waals surface area (Å²) in [5.41, 5.74) is 0.496. The van der Waals surface area contributed by atoms with E-state index in [-0.39, 0.29) is 24.0 Å². The van der Waals surface area contributed by atoms with Crippen molar-refractivity contribution in [3.63, 3.8) is 0 Å². The van der Waals surface area contributed by atoms with Crippen LogP contribution >= 0.6 is 24.0 Å². The van der Waals surface area contributed by atoms with Crippen LogP contribution in [0.5, 0.6) is 0 Å². The van der Waals surface area contributed by atoms with Crippen LogP contribution in [-0.2, 0) is 9.47 Å². The summed E-state index contributed by atoms with van der Waals surface area (Å²) in [6.07, 6.45) is 9.04. The van der Waals surface area contributed by atoms with E-state index < -0.39 is 0 Å². The quantitative estimate of drug-likeness (QED) is 0.223. The third-order valence-corrected chi connectivity index (χ3v) is 5.20. The van der Waals surface area contributed by atoms with E-state index in [0.717, 1.165) is 57.6 Å². The summed E-state index contributed by atoms with van der Waals surface area (Å²) in [6.45, 7) is 9.00. The summed E-state index contributed by atoms with van der Waals surface area (Å²) in [4.78, 5) is 4.34. The molecule has 0 amide bonds. The molecular weight excluding hydrogens is 429 g/mol. The third-order valence-electron chi connectivity index (χ3n) is 5.20. The molecule has 2 aliphatic rings.